The fraction of sp³-hybridized carbons (Fsp3) is 0.214. The summed E-state index contributed by atoms with van der Waals surface area (Å²) in [6.45, 7) is 4.93. The van der Waals surface area contributed by atoms with Crippen LogP contribution in [0.3, 0.4) is 0 Å². The number of ether oxygens (including phenoxy) is 1. The Bertz CT molecular complexity index is 1500. The van der Waals surface area contributed by atoms with Crippen LogP contribution in [0.2, 0.25) is 0 Å². The molecule has 1 fully saturated rings. The van der Waals surface area contributed by atoms with E-state index in [0.717, 1.165) is 16.6 Å². The molecule has 1 aliphatic heterocycles. The van der Waals surface area contributed by atoms with Gasteiger partial charge in [-0.3, -0.25) is 9.78 Å². The van der Waals surface area contributed by atoms with Crippen molar-refractivity contribution in [2.75, 3.05) is 37.7 Å². The number of carbonyl (C=O) groups excluding carboxylic acids is 1. The Hall–Kier alpha value is -3.91. The second-order valence-electron chi connectivity index (χ2n) is 8.58. The molecule has 0 unspecified atom stereocenters. The maximum absolute atomic E-state index is 13.0. The highest BCUT2D eigenvalue weighted by atomic mass is 32.2. The average molecular weight is 502 g/mol. The standard InChI is InChI=1S/C28H27N3O4S/c1-2-35-23-10-6-9-22(18-23)28(32)31-16-14-30(15-17-31)26-13-7-8-21-19-25(20-29-27(21)26)36(33,34)24-11-4-3-5-12-24/h3-13,18-20H,2,14-17H2,1H3. The van der Waals surface area contributed by atoms with Gasteiger partial charge in [-0.05, 0) is 49.4 Å². The van der Waals surface area contributed by atoms with Gasteiger partial charge in [0.25, 0.3) is 5.91 Å². The smallest absolute Gasteiger partial charge is 0.254 e. The summed E-state index contributed by atoms with van der Waals surface area (Å²) in [6.07, 6.45) is 1.43. The van der Waals surface area contributed by atoms with Gasteiger partial charge in [-0.25, -0.2) is 8.42 Å². The topological polar surface area (TPSA) is 79.8 Å². The molecular weight excluding hydrogens is 474 g/mol. The normalized spacial score (nSPS) is 14.1. The molecule has 0 bridgehead atoms. The van der Waals surface area contributed by atoms with E-state index in [0.29, 0.717) is 44.1 Å². The second kappa shape index (κ2) is 9.99. The van der Waals surface area contributed by atoms with Crippen LogP contribution in [0.15, 0.2) is 94.9 Å². The molecule has 0 radical (unpaired) electrons. The van der Waals surface area contributed by atoms with E-state index >= 15 is 0 Å². The summed E-state index contributed by atoms with van der Waals surface area (Å²) in [6, 6.07) is 23.1. The Kier molecular flexibility index (Phi) is 6.61. The van der Waals surface area contributed by atoms with E-state index in [1.165, 1.54) is 6.20 Å². The molecule has 5 rings (SSSR count). The molecule has 1 aliphatic rings. The lowest BCUT2D eigenvalue weighted by molar-refractivity contribution is 0.0746. The van der Waals surface area contributed by atoms with E-state index in [1.807, 2.05) is 48.2 Å². The predicted molar refractivity (Wildman–Crippen MR) is 139 cm³/mol. The minimum absolute atomic E-state index is 0.0111. The first-order valence-corrected chi connectivity index (χ1v) is 13.4. The lowest BCUT2D eigenvalue weighted by Gasteiger charge is -2.36. The number of carbonyl (C=O) groups is 1. The van der Waals surface area contributed by atoms with Crippen molar-refractivity contribution < 1.29 is 17.9 Å². The molecule has 3 aromatic carbocycles. The monoisotopic (exact) mass is 501 g/mol. The zero-order valence-corrected chi connectivity index (χ0v) is 20.8. The number of anilines is 1. The maximum Gasteiger partial charge on any atom is 0.254 e. The number of pyridine rings is 1. The lowest BCUT2D eigenvalue weighted by atomic mass is 10.1. The molecule has 0 atom stereocenters. The largest absolute Gasteiger partial charge is 0.494 e. The van der Waals surface area contributed by atoms with Gasteiger partial charge in [0.2, 0.25) is 9.84 Å². The number of rotatable bonds is 6. The average Bonchev–Trinajstić information content (AvgIpc) is 2.93. The number of hydrogen-bond donors (Lipinski definition) is 0. The first kappa shape index (κ1) is 23.8. The van der Waals surface area contributed by atoms with Gasteiger partial charge >= 0.3 is 0 Å². The number of piperazine rings is 1. The summed E-state index contributed by atoms with van der Waals surface area (Å²) in [4.78, 5) is 22.1. The van der Waals surface area contributed by atoms with E-state index in [4.69, 9.17) is 4.74 Å². The van der Waals surface area contributed by atoms with Crippen LogP contribution in [0.5, 0.6) is 5.75 Å². The molecule has 0 spiro atoms. The van der Waals surface area contributed by atoms with E-state index in [-0.39, 0.29) is 15.7 Å². The number of sulfone groups is 1. The highest BCUT2D eigenvalue weighted by Crippen LogP contribution is 2.29. The molecule has 7 nitrogen and oxygen atoms in total. The molecule has 184 valence electrons. The molecule has 1 saturated heterocycles. The molecule has 2 heterocycles. The summed E-state index contributed by atoms with van der Waals surface area (Å²) in [7, 11) is -3.65. The minimum atomic E-state index is -3.65. The van der Waals surface area contributed by atoms with Crippen molar-refractivity contribution in [2.45, 2.75) is 16.7 Å². The van der Waals surface area contributed by atoms with Gasteiger partial charge in [-0.15, -0.1) is 0 Å². The first-order valence-electron chi connectivity index (χ1n) is 11.9. The Morgan fingerprint density at radius 2 is 1.64 bits per heavy atom. The van der Waals surface area contributed by atoms with Crippen LogP contribution in [-0.4, -0.2) is 57.0 Å². The van der Waals surface area contributed by atoms with E-state index in [9.17, 15) is 13.2 Å². The van der Waals surface area contributed by atoms with Gasteiger partial charge in [-0.2, -0.15) is 0 Å². The van der Waals surface area contributed by atoms with Crippen molar-refractivity contribution in [3.8, 4) is 5.75 Å². The molecule has 0 N–H and O–H groups in total. The van der Waals surface area contributed by atoms with Gasteiger partial charge in [0, 0.05) is 43.3 Å². The van der Waals surface area contributed by atoms with Crippen molar-refractivity contribution in [1.29, 1.82) is 0 Å². The SMILES string of the molecule is CCOc1cccc(C(=O)N2CCN(c3cccc4cc(S(=O)(=O)c5ccccc5)cnc34)CC2)c1. The van der Waals surface area contributed by atoms with Crippen LogP contribution >= 0.6 is 0 Å². The van der Waals surface area contributed by atoms with Crippen molar-refractivity contribution >= 4 is 32.3 Å². The minimum Gasteiger partial charge on any atom is -0.494 e. The number of nitrogens with zero attached hydrogens (tertiary/aromatic N) is 3. The Morgan fingerprint density at radius 3 is 2.39 bits per heavy atom. The highest BCUT2D eigenvalue weighted by Gasteiger charge is 2.24. The third-order valence-electron chi connectivity index (χ3n) is 6.33. The van der Waals surface area contributed by atoms with Crippen LogP contribution < -0.4 is 9.64 Å². The molecule has 0 aliphatic carbocycles. The van der Waals surface area contributed by atoms with E-state index < -0.39 is 9.84 Å². The van der Waals surface area contributed by atoms with Crippen LogP contribution in [0.1, 0.15) is 17.3 Å². The van der Waals surface area contributed by atoms with Crippen LogP contribution in [0.25, 0.3) is 10.9 Å². The van der Waals surface area contributed by atoms with Crippen LogP contribution in [0, 0.1) is 0 Å². The van der Waals surface area contributed by atoms with Crippen molar-refractivity contribution in [1.82, 2.24) is 9.88 Å². The van der Waals surface area contributed by atoms with Gasteiger partial charge in [-0.1, -0.05) is 36.4 Å². The van der Waals surface area contributed by atoms with Crippen LogP contribution in [-0.2, 0) is 9.84 Å². The summed E-state index contributed by atoms with van der Waals surface area (Å²) >= 11 is 0. The van der Waals surface area contributed by atoms with Gasteiger partial charge in [0.05, 0.1) is 27.6 Å². The van der Waals surface area contributed by atoms with Gasteiger partial charge < -0.3 is 14.5 Å². The third-order valence-corrected chi connectivity index (χ3v) is 8.06. The molecule has 36 heavy (non-hydrogen) atoms. The third kappa shape index (κ3) is 4.64. The predicted octanol–water partition coefficient (Wildman–Crippen LogP) is 4.43. The molecule has 4 aromatic rings. The lowest BCUT2D eigenvalue weighted by Crippen LogP contribution is -2.48. The summed E-state index contributed by atoms with van der Waals surface area (Å²) in [5.41, 5.74) is 2.30. The van der Waals surface area contributed by atoms with E-state index in [2.05, 4.69) is 9.88 Å². The van der Waals surface area contributed by atoms with Crippen molar-refractivity contribution in [3.05, 3.63) is 90.6 Å². The zero-order chi connectivity index (χ0) is 25.1. The number of amides is 1. The summed E-state index contributed by atoms with van der Waals surface area (Å²) in [5.74, 6) is 0.681. The number of fused-ring (bicyclic) bond motifs is 1. The number of aromatic nitrogens is 1. The Morgan fingerprint density at radius 1 is 0.889 bits per heavy atom. The molecular formula is C28H27N3O4S. The Labute approximate surface area is 210 Å². The Balaban J connectivity index is 1.34. The fourth-order valence-corrected chi connectivity index (χ4v) is 5.74. The van der Waals surface area contributed by atoms with Crippen molar-refractivity contribution in [2.24, 2.45) is 0 Å². The van der Waals surface area contributed by atoms with Gasteiger partial charge in [0.15, 0.2) is 0 Å². The van der Waals surface area contributed by atoms with Crippen molar-refractivity contribution in [3.63, 3.8) is 0 Å². The van der Waals surface area contributed by atoms with Gasteiger partial charge in [0.1, 0.15) is 5.75 Å². The molecule has 0 saturated carbocycles. The highest BCUT2D eigenvalue weighted by molar-refractivity contribution is 7.91. The quantitative estimate of drug-likeness (QED) is 0.389. The zero-order valence-electron chi connectivity index (χ0n) is 20.0. The molecule has 1 amide bonds. The van der Waals surface area contributed by atoms with Crippen LogP contribution in [0.4, 0.5) is 5.69 Å². The summed E-state index contributed by atoms with van der Waals surface area (Å²) < 4.78 is 31.6. The number of para-hydroxylation sites is 1. The first-order chi connectivity index (χ1) is 17.5. The molecule has 8 heteroatoms. The fourth-order valence-electron chi connectivity index (χ4n) is 4.48. The number of hydrogen-bond acceptors (Lipinski definition) is 6. The molecule has 1 aromatic heterocycles. The maximum atomic E-state index is 13.0. The van der Waals surface area contributed by atoms with E-state index in [1.54, 1.807) is 42.5 Å². The second-order valence-corrected chi connectivity index (χ2v) is 10.5. The number of benzene rings is 3. The summed E-state index contributed by atoms with van der Waals surface area (Å²) in [5, 5.41) is 0.760.